The molecule has 0 spiro atoms. The van der Waals surface area contributed by atoms with Gasteiger partial charge in [-0.25, -0.2) is 0 Å². The molecule has 0 atom stereocenters. The predicted octanol–water partition coefficient (Wildman–Crippen LogP) is 6.34. The van der Waals surface area contributed by atoms with Crippen LogP contribution in [0.2, 0.25) is 5.02 Å². The van der Waals surface area contributed by atoms with Gasteiger partial charge < -0.3 is 14.8 Å². The van der Waals surface area contributed by atoms with Crippen LogP contribution in [-0.4, -0.2) is 12.5 Å². The van der Waals surface area contributed by atoms with Crippen molar-refractivity contribution in [1.29, 1.82) is 5.26 Å². The van der Waals surface area contributed by atoms with Crippen molar-refractivity contribution in [3.05, 3.63) is 107 Å². The molecule has 0 aliphatic heterocycles. The zero-order valence-corrected chi connectivity index (χ0v) is 18.9. The minimum Gasteiger partial charge on any atom is -0.489 e. The van der Waals surface area contributed by atoms with Crippen LogP contribution in [0.25, 0.3) is 6.08 Å². The number of halogens is 1. The molecule has 1 N–H and O–H groups in total. The van der Waals surface area contributed by atoms with Crippen LogP contribution >= 0.6 is 11.6 Å². The van der Waals surface area contributed by atoms with Gasteiger partial charge in [-0.3, -0.25) is 4.79 Å². The Labute approximate surface area is 198 Å². The molecule has 5 nitrogen and oxygen atoms in total. The zero-order chi connectivity index (χ0) is 23.6. The second kappa shape index (κ2) is 11.6. The monoisotopic (exact) mass is 458 g/mol. The summed E-state index contributed by atoms with van der Waals surface area (Å²) in [6.45, 7) is 6.41. The first-order chi connectivity index (χ1) is 16.0. The first-order valence-corrected chi connectivity index (χ1v) is 10.6. The van der Waals surface area contributed by atoms with Crippen molar-refractivity contribution in [3.63, 3.8) is 0 Å². The summed E-state index contributed by atoms with van der Waals surface area (Å²) >= 11 is 6.20. The average Bonchev–Trinajstić information content (AvgIpc) is 2.82. The lowest BCUT2D eigenvalue weighted by Crippen LogP contribution is -2.13. The molecule has 0 heterocycles. The van der Waals surface area contributed by atoms with Gasteiger partial charge in [0.2, 0.25) is 0 Å². The van der Waals surface area contributed by atoms with Gasteiger partial charge >= 0.3 is 0 Å². The molecule has 3 aromatic rings. The largest absolute Gasteiger partial charge is 0.489 e. The van der Waals surface area contributed by atoms with Crippen molar-refractivity contribution in [3.8, 4) is 17.6 Å². The lowest BCUT2D eigenvalue weighted by atomic mass is 10.1. The van der Waals surface area contributed by atoms with Crippen molar-refractivity contribution in [2.45, 2.75) is 13.5 Å². The summed E-state index contributed by atoms with van der Waals surface area (Å²) in [5, 5.41) is 12.5. The number of nitrogens with zero attached hydrogens (tertiary/aromatic N) is 1. The minimum absolute atomic E-state index is 0.0504. The molecule has 33 heavy (non-hydrogen) atoms. The van der Waals surface area contributed by atoms with Gasteiger partial charge in [0, 0.05) is 5.69 Å². The molecule has 0 bridgehead atoms. The minimum atomic E-state index is -0.520. The third-order valence-corrected chi connectivity index (χ3v) is 4.92. The van der Waals surface area contributed by atoms with Gasteiger partial charge in [0.05, 0.1) is 5.02 Å². The quantitative estimate of drug-likeness (QED) is 0.231. The zero-order valence-electron chi connectivity index (χ0n) is 18.2. The molecular weight excluding hydrogens is 436 g/mol. The molecule has 3 rings (SSSR count). The molecule has 0 unspecified atom stereocenters. The van der Waals surface area contributed by atoms with E-state index in [0.29, 0.717) is 41.0 Å². The fourth-order valence-electron chi connectivity index (χ4n) is 2.87. The van der Waals surface area contributed by atoms with E-state index < -0.39 is 5.91 Å². The maximum Gasteiger partial charge on any atom is 0.266 e. The number of rotatable bonds is 9. The van der Waals surface area contributed by atoms with Crippen molar-refractivity contribution >= 4 is 29.3 Å². The van der Waals surface area contributed by atoms with Crippen LogP contribution in [0.1, 0.15) is 16.7 Å². The molecule has 0 aliphatic rings. The van der Waals surface area contributed by atoms with Crippen LogP contribution in [0.3, 0.4) is 0 Å². The summed E-state index contributed by atoms with van der Waals surface area (Å²) in [6.07, 6.45) is 3.09. The van der Waals surface area contributed by atoms with E-state index in [2.05, 4.69) is 11.9 Å². The number of carbonyl (C=O) groups excluding carboxylic acids is 1. The molecule has 166 valence electrons. The molecular formula is C27H23ClN2O3. The summed E-state index contributed by atoms with van der Waals surface area (Å²) in [5.41, 5.74) is 3.38. The molecule has 0 saturated carbocycles. The number of benzene rings is 3. The molecule has 0 fully saturated rings. The fourth-order valence-corrected chi connectivity index (χ4v) is 3.12. The molecule has 6 heteroatoms. The number of nitriles is 1. The number of hydrogen-bond acceptors (Lipinski definition) is 4. The van der Waals surface area contributed by atoms with E-state index in [0.717, 1.165) is 5.56 Å². The van der Waals surface area contributed by atoms with E-state index in [9.17, 15) is 10.1 Å². The SMILES string of the molecule is C=CCOc1ccc(/C=C(\C#N)C(=O)Nc2ccc(OCc3ccc(C)cc3)cc2)cc1Cl. The summed E-state index contributed by atoms with van der Waals surface area (Å²) in [4.78, 5) is 12.6. The second-order valence-corrected chi connectivity index (χ2v) is 7.62. The highest BCUT2D eigenvalue weighted by molar-refractivity contribution is 6.32. The smallest absolute Gasteiger partial charge is 0.266 e. The molecule has 0 saturated heterocycles. The van der Waals surface area contributed by atoms with Crippen LogP contribution < -0.4 is 14.8 Å². The number of ether oxygens (including phenoxy) is 2. The van der Waals surface area contributed by atoms with Crippen molar-refractivity contribution < 1.29 is 14.3 Å². The van der Waals surface area contributed by atoms with Crippen molar-refractivity contribution in [2.24, 2.45) is 0 Å². The number of carbonyl (C=O) groups is 1. The van der Waals surface area contributed by atoms with Gasteiger partial charge in [0.25, 0.3) is 5.91 Å². The molecule has 3 aromatic carbocycles. The lowest BCUT2D eigenvalue weighted by molar-refractivity contribution is -0.112. The Morgan fingerprint density at radius 3 is 2.45 bits per heavy atom. The summed E-state index contributed by atoms with van der Waals surface area (Å²) < 4.78 is 11.2. The predicted molar refractivity (Wildman–Crippen MR) is 131 cm³/mol. The van der Waals surface area contributed by atoms with Gasteiger partial charge in [-0.2, -0.15) is 5.26 Å². The Bertz CT molecular complexity index is 1190. The van der Waals surface area contributed by atoms with Crippen LogP contribution in [0.5, 0.6) is 11.5 Å². The standard InChI is InChI=1S/C27H23ClN2O3/c1-3-14-32-26-13-8-21(16-25(26)28)15-22(17-29)27(31)30-23-9-11-24(12-10-23)33-18-20-6-4-19(2)5-7-20/h3-13,15-16H,1,14,18H2,2H3,(H,30,31)/b22-15+. The first-order valence-electron chi connectivity index (χ1n) is 10.2. The van der Waals surface area contributed by atoms with Crippen LogP contribution in [0.15, 0.2) is 85.0 Å². The third-order valence-electron chi connectivity index (χ3n) is 4.63. The Morgan fingerprint density at radius 1 is 1.09 bits per heavy atom. The average molecular weight is 459 g/mol. The topological polar surface area (TPSA) is 71.3 Å². The summed E-state index contributed by atoms with van der Waals surface area (Å²) in [7, 11) is 0. The van der Waals surface area contributed by atoms with E-state index >= 15 is 0 Å². The van der Waals surface area contributed by atoms with E-state index in [-0.39, 0.29) is 5.57 Å². The normalized spacial score (nSPS) is 10.8. The fraction of sp³-hybridized carbons (Fsp3) is 0.111. The highest BCUT2D eigenvalue weighted by Crippen LogP contribution is 2.26. The van der Waals surface area contributed by atoms with E-state index in [4.69, 9.17) is 21.1 Å². The van der Waals surface area contributed by atoms with E-state index in [1.165, 1.54) is 11.6 Å². The highest BCUT2D eigenvalue weighted by Gasteiger charge is 2.11. The van der Waals surface area contributed by atoms with Gasteiger partial charge in [0.15, 0.2) is 0 Å². The Hall–Kier alpha value is -4.01. The van der Waals surface area contributed by atoms with Gasteiger partial charge in [-0.15, -0.1) is 0 Å². The Balaban J connectivity index is 1.61. The lowest BCUT2D eigenvalue weighted by Gasteiger charge is -2.09. The first kappa shape index (κ1) is 23.6. The maximum atomic E-state index is 12.6. The molecule has 0 aliphatic carbocycles. The molecule has 0 aromatic heterocycles. The number of nitrogens with one attached hydrogen (secondary N) is 1. The van der Waals surface area contributed by atoms with Gasteiger partial charge in [-0.1, -0.05) is 60.2 Å². The number of aryl methyl sites for hydroxylation is 1. The maximum absolute atomic E-state index is 12.6. The van der Waals surface area contributed by atoms with Crippen molar-refractivity contribution in [2.75, 3.05) is 11.9 Å². The van der Waals surface area contributed by atoms with Gasteiger partial charge in [-0.05, 0) is 60.5 Å². The second-order valence-electron chi connectivity index (χ2n) is 7.21. The van der Waals surface area contributed by atoms with E-state index in [1.54, 1.807) is 48.5 Å². The Kier molecular flexibility index (Phi) is 8.29. The third kappa shape index (κ3) is 6.99. The number of hydrogen-bond donors (Lipinski definition) is 1. The van der Waals surface area contributed by atoms with Crippen molar-refractivity contribution in [1.82, 2.24) is 0 Å². The molecule has 1 amide bonds. The van der Waals surface area contributed by atoms with E-state index in [1.807, 2.05) is 37.3 Å². The molecule has 0 radical (unpaired) electrons. The van der Waals surface area contributed by atoms with Crippen LogP contribution in [0, 0.1) is 18.3 Å². The highest BCUT2D eigenvalue weighted by atomic mass is 35.5. The number of anilines is 1. The van der Waals surface area contributed by atoms with Crippen LogP contribution in [0.4, 0.5) is 5.69 Å². The van der Waals surface area contributed by atoms with Gasteiger partial charge in [0.1, 0.15) is 36.4 Å². The Morgan fingerprint density at radius 2 is 1.82 bits per heavy atom. The summed E-state index contributed by atoms with van der Waals surface area (Å²) in [6, 6.07) is 22.1. The number of amides is 1. The summed E-state index contributed by atoms with van der Waals surface area (Å²) in [5.74, 6) is 0.660. The van der Waals surface area contributed by atoms with Crippen LogP contribution in [-0.2, 0) is 11.4 Å².